The second kappa shape index (κ2) is 14.8. The fraction of sp³-hybridized carbons (Fsp3) is 0.257. The number of anilines is 1. The third-order valence-electron chi connectivity index (χ3n) is 7.32. The molecule has 7 nitrogen and oxygen atoms in total. The van der Waals surface area contributed by atoms with Crippen molar-refractivity contribution in [2.45, 2.75) is 56.9 Å². The number of sulfonamides is 1. The number of rotatable bonds is 12. The Bertz CT molecular complexity index is 1780. The van der Waals surface area contributed by atoms with Gasteiger partial charge in [-0.3, -0.25) is 13.9 Å². The van der Waals surface area contributed by atoms with Crippen molar-refractivity contribution in [2.24, 2.45) is 0 Å². The number of hydrogen-bond acceptors (Lipinski definition) is 4. The third kappa shape index (κ3) is 9.19. The van der Waals surface area contributed by atoms with Gasteiger partial charge in [-0.2, -0.15) is 13.2 Å². The van der Waals surface area contributed by atoms with Crippen molar-refractivity contribution < 1.29 is 35.6 Å². The first kappa shape index (κ1) is 35.1. The van der Waals surface area contributed by atoms with E-state index in [9.17, 15) is 35.6 Å². The normalized spacial score (nSPS) is 12.4. The Hall–Kier alpha value is -4.71. The SMILES string of the molecule is Cc1ccc(S(=O)(=O)N(CC(=O)N(Cc2ccc(F)cc2)[C@H](Cc2ccccc2)C(=O)NC(C)C)c2cccc(C(F)(F)F)c2)cc1. The molecule has 12 heteroatoms. The summed E-state index contributed by atoms with van der Waals surface area (Å²) >= 11 is 0. The zero-order valence-corrected chi connectivity index (χ0v) is 26.9. The number of benzene rings is 4. The van der Waals surface area contributed by atoms with Crippen LogP contribution in [0.5, 0.6) is 0 Å². The Morgan fingerprint density at radius 3 is 2.06 bits per heavy atom. The van der Waals surface area contributed by atoms with E-state index in [-0.39, 0.29) is 29.6 Å². The lowest BCUT2D eigenvalue weighted by atomic mass is 10.0. The Kier molecular flexibility index (Phi) is 11.1. The average Bonchev–Trinajstić information content (AvgIpc) is 3.02. The maximum absolute atomic E-state index is 14.4. The first-order valence-corrected chi connectivity index (χ1v) is 16.2. The molecule has 4 aromatic carbocycles. The predicted molar refractivity (Wildman–Crippen MR) is 171 cm³/mol. The standard InChI is InChI=1S/C35H35F4N3O4S/c1-24(2)40-34(44)32(20-26-8-5-4-6-9-26)41(22-27-14-16-29(36)17-15-27)33(43)23-42(30-11-7-10-28(21-30)35(37,38)39)47(45,46)31-18-12-25(3)13-19-31/h4-19,21,24,32H,20,22-23H2,1-3H3,(H,40,44)/t32-/m1/s1. The van der Waals surface area contributed by atoms with Gasteiger partial charge in [-0.25, -0.2) is 12.8 Å². The van der Waals surface area contributed by atoms with Crippen molar-refractivity contribution in [1.82, 2.24) is 10.2 Å². The fourth-order valence-electron chi connectivity index (χ4n) is 4.92. The number of nitrogens with zero attached hydrogens (tertiary/aromatic N) is 2. The van der Waals surface area contributed by atoms with Crippen LogP contribution in [0.25, 0.3) is 0 Å². The van der Waals surface area contributed by atoms with E-state index in [4.69, 9.17) is 0 Å². The van der Waals surface area contributed by atoms with Crippen molar-refractivity contribution in [3.05, 3.63) is 131 Å². The molecule has 0 aliphatic carbocycles. The second-order valence-electron chi connectivity index (χ2n) is 11.4. The molecule has 4 aromatic rings. The molecule has 2 amide bonds. The molecule has 1 atom stereocenters. The zero-order chi connectivity index (χ0) is 34.4. The highest BCUT2D eigenvalue weighted by molar-refractivity contribution is 7.92. The van der Waals surface area contributed by atoms with Gasteiger partial charge in [0.25, 0.3) is 10.0 Å². The van der Waals surface area contributed by atoms with Crippen LogP contribution in [-0.2, 0) is 38.8 Å². The Morgan fingerprint density at radius 1 is 0.830 bits per heavy atom. The van der Waals surface area contributed by atoms with Crippen molar-refractivity contribution >= 4 is 27.5 Å². The maximum Gasteiger partial charge on any atom is 0.416 e. The summed E-state index contributed by atoms with van der Waals surface area (Å²) in [5, 5.41) is 2.81. The lowest BCUT2D eigenvalue weighted by molar-refractivity contribution is -0.140. The summed E-state index contributed by atoms with van der Waals surface area (Å²) in [6.45, 7) is 4.08. The largest absolute Gasteiger partial charge is 0.416 e. The minimum Gasteiger partial charge on any atom is -0.352 e. The lowest BCUT2D eigenvalue weighted by Gasteiger charge is -2.34. The number of carbonyl (C=O) groups is 2. The number of hydrogen-bond donors (Lipinski definition) is 1. The molecule has 0 aliphatic rings. The molecule has 0 saturated heterocycles. The number of alkyl halides is 3. The summed E-state index contributed by atoms with van der Waals surface area (Å²) < 4.78 is 83.8. The maximum atomic E-state index is 14.4. The smallest absolute Gasteiger partial charge is 0.352 e. The van der Waals surface area contributed by atoms with Crippen LogP contribution in [-0.4, -0.2) is 43.8 Å². The summed E-state index contributed by atoms with van der Waals surface area (Å²) in [6, 6.07) is 22.0. The Labute approximate surface area is 271 Å². The van der Waals surface area contributed by atoms with Gasteiger partial charge in [-0.15, -0.1) is 0 Å². The van der Waals surface area contributed by atoms with Crippen LogP contribution in [0.15, 0.2) is 108 Å². The Balaban J connectivity index is 1.84. The second-order valence-corrected chi connectivity index (χ2v) is 13.3. The molecule has 248 valence electrons. The molecule has 4 rings (SSSR count). The number of amides is 2. The molecule has 0 bridgehead atoms. The van der Waals surface area contributed by atoms with E-state index in [1.165, 1.54) is 59.5 Å². The van der Waals surface area contributed by atoms with Gasteiger partial charge in [-0.05, 0) is 74.4 Å². The monoisotopic (exact) mass is 669 g/mol. The van der Waals surface area contributed by atoms with Gasteiger partial charge < -0.3 is 10.2 Å². The molecule has 0 saturated carbocycles. The minimum atomic E-state index is -4.79. The lowest BCUT2D eigenvalue weighted by Crippen LogP contribution is -2.54. The first-order chi connectivity index (χ1) is 22.1. The minimum absolute atomic E-state index is 0.0423. The van der Waals surface area contributed by atoms with Crippen molar-refractivity contribution in [1.29, 1.82) is 0 Å². The zero-order valence-electron chi connectivity index (χ0n) is 26.0. The van der Waals surface area contributed by atoms with Gasteiger partial charge in [0, 0.05) is 19.0 Å². The van der Waals surface area contributed by atoms with Crippen LogP contribution in [0.3, 0.4) is 0 Å². The fourth-order valence-corrected chi connectivity index (χ4v) is 6.33. The van der Waals surface area contributed by atoms with Gasteiger partial charge in [-0.1, -0.05) is 66.2 Å². The summed E-state index contributed by atoms with van der Waals surface area (Å²) in [5.41, 5.74) is 0.406. The summed E-state index contributed by atoms with van der Waals surface area (Å²) in [7, 11) is -4.60. The summed E-state index contributed by atoms with van der Waals surface area (Å²) in [6.07, 6.45) is -4.75. The number of aryl methyl sites for hydroxylation is 1. The van der Waals surface area contributed by atoms with E-state index >= 15 is 0 Å². The van der Waals surface area contributed by atoms with Gasteiger partial charge in [0.1, 0.15) is 18.4 Å². The van der Waals surface area contributed by atoms with Crippen molar-refractivity contribution in [2.75, 3.05) is 10.8 Å². The van der Waals surface area contributed by atoms with E-state index in [2.05, 4.69) is 5.32 Å². The molecule has 0 aliphatic heterocycles. The van der Waals surface area contributed by atoms with E-state index in [1.54, 1.807) is 51.1 Å². The van der Waals surface area contributed by atoms with Crippen LogP contribution < -0.4 is 9.62 Å². The van der Waals surface area contributed by atoms with E-state index in [1.807, 2.05) is 0 Å². The molecule has 0 radical (unpaired) electrons. The summed E-state index contributed by atoms with van der Waals surface area (Å²) in [4.78, 5) is 29.0. The molecule has 0 aromatic heterocycles. The summed E-state index contributed by atoms with van der Waals surface area (Å²) in [5.74, 6) is -1.90. The highest BCUT2D eigenvalue weighted by atomic mass is 32.2. The number of carbonyl (C=O) groups excluding carboxylic acids is 2. The van der Waals surface area contributed by atoms with Gasteiger partial charge in [0.05, 0.1) is 16.1 Å². The molecule has 0 heterocycles. The molecule has 0 spiro atoms. The highest BCUT2D eigenvalue weighted by Crippen LogP contribution is 2.33. The van der Waals surface area contributed by atoms with E-state index in [0.717, 1.165) is 17.7 Å². The van der Waals surface area contributed by atoms with E-state index < -0.39 is 52.0 Å². The average molecular weight is 670 g/mol. The van der Waals surface area contributed by atoms with Crippen LogP contribution in [0.2, 0.25) is 0 Å². The highest BCUT2D eigenvalue weighted by Gasteiger charge is 2.36. The number of nitrogens with one attached hydrogen (secondary N) is 1. The van der Waals surface area contributed by atoms with Crippen molar-refractivity contribution in [3.8, 4) is 0 Å². The molecule has 47 heavy (non-hydrogen) atoms. The van der Waals surface area contributed by atoms with Crippen LogP contribution >= 0.6 is 0 Å². The third-order valence-corrected chi connectivity index (χ3v) is 9.11. The van der Waals surface area contributed by atoms with Gasteiger partial charge in [0.2, 0.25) is 11.8 Å². The first-order valence-electron chi connectivity index (χ1n) is 14.8. The van der Waals surface area contributed by atoms with Crippen molar-refractivity contribution in [3.63, 3.8) is 0 Å². The molecular formula is C35H35F4N3O4S. The van der Waals surface area contributed by atoms with E-state index in [0.29, 0.717) is 21.5 Å². The van der Waals surface area contributed by atoms with Gasteiger partial charge >= 0.3 is 6.18 Å². The molecular weight excluding hydrogens is 634 g/mol. The molecule has 0 unspecified atom stereocenters. The van der Waals surface area contributed by atoms with Crippen LogP contribution in [0.4, 0.5) is 23.2 Å². The quantitative estimate of drug-likeness (QED) is 0.174. The van der Waals surface area contributed by atoms with Crippen LogP contribution in [0.1, 0.15) is 36.1 Å². The molecule has 0 fully saturated rings. The van der Waals surface area contributed by atoms with Crippen LogP contribution in [0, 0.1) is 12.7 Å². The number of halogens is 4. The van der Waals surface area contributed by atoms with Gasteiger partial charge in [0.15, 0.2) is 0 Å². The molecule has 1 N–H and O–H groups in total. The Morgan fingerprint density at radius 2 is 1.47 bits per heavy atom. The predicted octanol–water partition coefficient (Wildman–Crippen LogP) is 6.51. The topological polar surface area (TPSA) is 86.8 Å².